The number of benzene rings is 4. The molecule has 4 aromatic rings. The van der Waals surface area contributed by atoms with Gasteiger partial charge in [-0.1, -0.05) is 244 Å². The van der Waals surface area contributed by atoms with Crippen molar-refractivity contribution < 1.29 is 29.3 Å². The maximum atomic E-state index is 12.4. The molecule has 0 unspecified atom stereocenters. The summed E-state index contributed by atoms with van der Waals surface area (Å²) in [6.45, 7) is 9.55. The van der Waals surface area contributed by atoms with E-state index in [0.717, 1.165) is 47.9 Å². The number of ether oxygens (including phenoxy) is 2. The van der Waals surface area contributed by atoms with Gasteiger partial charge >= 0.3 is 12.2 Å². The molecule has 0 aliphatic rings. The van der Waals surface area contributed by atoms with Crippen molar-refractivity contribution in [1.29, 1.82) is 0 Å². The van der Waals surface area contributed by atoms with Crippen molar-refractivity contribution in [2.75, 3.05) is 13.1 Å². The second-order valence-corrected chi connectivity index (χ2v) is 22.4. The number of carbonyl (C=O) groups excluding carboxylic acids is 2. The maximum absolute atomic E-state index is 12.4. The average Bonchev–Trinajstić information content (AvgIpc) is 3.47. The summed E-state index contributed by atoms with van der Waals surface area (Å²) in [7, 11) is 0. The van der Waals surface area contributed by atoms with E-state index in [2.05, 4.69) is 44.9 Å². The van der Waals surface area contributed by atoms with Crippen LogP contribution >= 0.6 is 0 Å². The monoisotopic (exact) mass is 1100 g/mol. The molecule has 0 saturated heterocycles. The summed E-state index contributed by atoms with van der Waals surface area (Å²) in [5, 5.41) is 44.3. The number of unbranched alkanes of at least 4 members (excludes halogenated alkanes) is 34. The zero-order chi connectivity index (χ0) is 57.1. The molecule has 442 valence electrons. The van der Waals surface area contributed by atoms with Gasteiger partial charge in [0, 0.05) is 25.2 Å². The number of hydrogen-bond donors (Lipinski definition) is 4. The summed E-state index contributed by atoms with van der Waals surface area (Å²) in [5.41, 5.74) is 5.51. The molecule has 0 bridgehead atoms. The van der Waals surface area contributed by atoms with E-state index in [1.165, 1.54) is 218 Å². The lowest BCUT2D eigenvalue weighted by Gasteiger charge is -2.09. The van der Waals surface area contributed by atoms with Gasteiger partial charge in [-0.25, -0.2) is 9.59 Å². The van der Waals surface area contributed by atoms with Gasteiger partial charge in [0.2, 0.25) is 0 Å². The van der Waals surface area contributed by atoms with Crippen LogP contribution in [-0.2, 0) is 0 Å². The van der Waals surface area contributed by atoms with Gasteiger partial charge in [-0.2, -0.15) is 10.2 Å². The lowest BCUT2D eigenvalue weighted by molar-refractivity contribution is 0.199. The zero-order valence-electron chi connectivity index (χ0n) is 50.1. The number of rotatable bonds is 45. The molecule has 4 N–H and O–H groups in total. The number of carbonyl (C=O) groups is 2. The highest BCUT2D eigenvalue weighted by Crippen LogP contribution is 2.36. The molecule has 0 aromatic heterocycles. The first kappa shape index (κ1) is 66.7. The first-order valence-corrected chi connectivity index (χ1v) is 31.8. The van der Waals surface area contributed by atoms with Gasteiger partial charge in [-0.05, 0) is 97.5 Å². The minimum absolute atomic E-state index is 0.147. The third kappa shape index (κ3) is 30.2. The molecule has 0 atom stereocenters. The summed E-state index contributed by atoms with van der Waals surface area (Å²) in [6.07, 6.45) is 46.3. The van der Waals surface area contributed by atoms with Gasteiger partial charge in [0.15, 0.2) is 0 Å². The van der Waals surface area contributed by atoms with E-state index in [1.54, 1.807) is 24.3 Å². The third-order valence-corrected chi connectivity index (χ3v) is 15.2. The van der Waals surface area contributed by atoms with Crippen LogP contribution in [0.4, 0.5) is 32.3 Å². The lowest BCUT2D eigenvalue weighted by Crippen LogP contribution is -2.27. The molecule has 2 amide bonds. The molecule has 4 rings (SSSR count). The molecular weight excluding hydrogens is 997 g/mol. The number of nitrogens with zero attached hydrogens (tertiary/aromatic N) is 4. The van der Waals surface area contributed by atoms with E-state index >= 15 is 0 Å². The number of hydrogen-bond acceptors (Lipinski definition) is 10. The fraction of sp³-hybridized carbons (Fsp3) is 0.618. The minimum Gasteiger partial charge on any atom is -0.505 e. The number of nitrogens with one attached hydrogen (secondary N) is 2. The number of phenolic OH excluding ortho intramolecular Hbond substituents is 2. The maximum Gasteiger partial charge on any atom is 0.412 e. The van der Waals surface area contributed by atoms with E-state index in [4.69, 9.17) is 9.47 Å². The van der Waals surface area contributed by atoms with Crippen molar-refractivity contribution in [3.05, 3.63) is 83.9 Å². The van der Waals surface area contributed by atoms with E-state index in [9.17, 15) is 19.8 Å². The van der Waals surface area contributed by atoms with E-state index in [-0.39, 0.29) is 34.4 Å². The molecule has 0 saturated carbocycles. The highest BCUT2D eigenvalue weighted by molar-refractivity contribution is 5.72. The molecule has 0 radical (unpaired) electrons. The third-order valence-electron chi connectivity index (χ3n) is 15.2. The van der Waals surface area contributed by atoms with E-state index in [0.29, 0.717) is 24.5 Å². The number of aromatic hydroxyl groups is 2. The van der Waals surface area contributed by atoms with Crippen molar-refractivity contribution in [3.8, 4) is 34.1 Å². The van der Waals surface area contributed by atoms with Crippen LogP contribution in [0.5, 0.6) is 23.0 Å². The SMILES string of the molecule is CCCCCCCCCCCCCCCCCCCCNC(=O)Oc1ccc(N=Nc2ccc(-c3ccc(N=Nc4ccc(OC(=O)NCCCCCCCCCCCCCCCCCCCC)cc4O)c(C)c3)cc2C)c(O)c1. The van der Waals surface area contributed by atoms with Crippen molar-refractivity contribution in [1.82, 2.24) is 10.6 Å². The fourth-order valence-electron chi connectivity index (χ4n) is 10.1. The highest BCUT2D eigenvalue weighted by Gasteiger charge is 2.12. The quantitative estimate of drug-likeness (QED) is 0.0254. The number of azo groups is 2. The van der Waals surface area contributed by atoms with Crippen LogP contribution in [0, 0.1) is 13.8 Å². The Hall–Kier alpha value is -5.78. The number of phenols is 2. The van der Waals surface area contributed by atoms with Gasteiger partial charge in [-0.15, -0.1) is 10.2 Å². The lowest BCUT2D eigenvalue weighted by atomic mass is 10.0. The summed E-state index contributed by atoms with van der Waals surface area (Å²) in [4.78, 5) is 24.9. The van der Waals surface area contributed by atoms with Gasteiger partial charge in [0.1, 0.15) is 34.4 Å². The van der Waals surface area contributed by atoms with Crippen molar-refractivity contribution in [2.45, 2.75) is 259 Å². The van der Waals surface area contributed by atoms with Gasteiger partial charge in [0.25, 0.3) is 0 Å². The standard InChI is InChI=1S/C68H104N6O6/c1-5-7-9-11-13-15-17-19-21-23-25-27-29-31-33-35-37-39-49-69-67(77)79-59-43-47-63(65(75)53-59)73-71-61-45-41-57(51-55(61)3)58-42-46-62(56(4)52-58)72-74-64-48-44-60(54-66(64)76)80-68(78)70-50-40-38-36-34-32-30-28-26-24-22-20-18-16-14-12-10-8-6-2/h41-48,51-54,75-76H,5-40,49-50H2,1-4H3,(H,69,77)(H,70,78). The topological polar surface area (TPSA) is 167 Å². The predicted octanol–water partition coefficient (Wildman–Crippen LogP) is 22.5. The first-order valence-electron chi connectivity index (χ1n) is 31.8. The largest absolute Gasteiger partial charge is 0.505 e. The molecule has 12 heteroatoms. The molecule has 0 heterocycles. The minimum atomic E-state index is -0.549. The first-order chi connectivity index (χ1) is 39.2. The van der Waals surface area contributed by atoms with Crippen LogP contribution < -0.4 is 20.1 Å². The molecule has 0 aliphatic carbocycles. The molecule has 80 heavy (non-hydrogen) atoms. The van der Waals surface area contributed by atoms with Crippen LogP contribution in [0.1, 0.15) is 256 Å². The predicted molar refractivity (Wildman–Crippen MR) is 332 cm³/mol. The van der Waals surface area contributed by atoms with Crippen LogP contribution in [0.3, 0.4) is 0 Å². The van der Waals surface area contributed by atoms with Crippen LogP contribution in [0.15, 0.2) is 93.3 Å². The Labute approximate surface area is 483 Å². The van der Waals surface area contributed by atoms with Crippen molar-refractivity contribution in [2.24, 2.45) is 20.5 Å². The molecule has 4 aromatic carbocycles. The number of amides is 2. The zero-order valence-corrected chi connectivity index (χ0v) is 50.1. The average molecular weight is 1100 g/mol. The van der Waals surface area contributed by atoms with Crippen molar-refractivity contribution >= 4 is 34.9 Å². The van der Waals surface area contributed by atoms with E-state index < -0.39 is 12.2 Å². The second kappa shape index (κ2) is 43.0. The van der Waals surface area contributed by atoms with Gasteiger partial charge in [0.05, 0.1) is 11.4 Å². The van der Waals surface area contributed by atoms with Gasteiger partial charge in [-0.3, -0.25) is 0 Å². The Morgan fingerprint density at radius 1 is 0.350 bits per heavy atom. The highest BCUT2D eigenvalue weighted by atomic mass is 16.6. The molecule has 0 spiro atoms. The Kier molecular flexibility index (Phi) is 35.9. The molecule has 0 fully saturated rings. The van der Waals surface area contributed by atoms with Crippen molar-refractivity contribution in [3.63, 3.8) is 0 Å². The summed E-state index contributed by atoms with van der Waals surface area (Å²) < 4.78 is 10.8. The van der Waals surface area contributed by atoms with Gasteiger partial charge < -0.3 is 30.3 Å². The Bertz CT molecular complexity index is 2210. The normalized spacial score (nSPS) is 11.5. The smallest absolute Gasteiger partial charge is 0.412 e. The summed E-state index contributed by atoms with van der Waals surface area (Å²) >= 11 is 0. The Balaban J connectivity index is 1.06. The summed E-state index contributed by atoms with van der Waals surface area (Å²) in [6, 6.07) is 20.7. The molecule has 0 aliphatic heterocycles. The molecular formula is C68H104N6O6. The van der Waals surface area contributed by atoms with E-state index in [1.807, 2.05) is 50.2 Å². The van der Waals surface area contributed by atoms with Crippen LogP contribution in [-0.4, -0.2) is 35.5 Å². The fourth-order valence-corrected chi connectivity index (χ4v) is 10.1. The van der Waals surface area contributed by atoms with Crippen LogP contribution in [0.2, 0.25) is 0 Å². The molecule has 12 nitrogen and oxygen atoms in total. The number of aryl methyl sites for hydroxylation is 2. The Morgan fingerprint density at radius 2 is 0.600 bits per heavy atom. The Morgan fingerprint density at radius 3 is 0.863 bits per heavy atom. The second-order valence-electron chi connectivity index (χ2n) is 22.4. The van der Waals surface area contributed by atoms with Crippen LogP contribution in [0.25, 0.3) is 11.1 Å². The summed E-state index contributed by atoms with van der Waals surface area (Å²) in [5.74, 6) is 0.151.